The molecule has 0 aliphatic rings. The first kappa shape index (κ1) is 23.8. The summed E-state index contributed by atoms with van der Waals surface area (Å²) in [5, 5.41) is 0. The standard InChI is InChI=1S/C7H9N.2C2H6.CH3.Y/c8-6-7-4-2-1-3-5-7;2*1-2;;/h1-5H,6,8H2;2*1-2H3;1H3;/q;;;-1;. The SMILES string of the molecule is CC.CC.NCc1ccccc1.[CH3-].[Y]. The van der Waals surface area contributed by atoms with Gasteiger partial charge in [0.25, 0.3) is 0 Å². The van der Waals surface area contributed by atoms with Crippen LogP contribution >= 0.6 is 0 Å². The van der Waals surface area contributed by atoms with E-state index >= 15 is 0 Å². The molecule has 0 amide bonds. The first-order valence-corrected chi connectivity index (χ1v) is 4.67. The van der Waals surface area contributed by atoms with Crippen molar-refractivity contribution >= 4 is 0 Å². The summed E-state index contributed by atoms with van der Waals surface area (Å²) in [6.07, 6.45) is 0. The van der Waals surface area contributed by atoms with E-state index in [1.54, 1.807) is 0 Å². The predicted molar refractivity (Wildman–Crippen MR) is 63.4 cm³/mol. The zero-order chi connectivity index (χ0) is 9.82. The third-order valence-corrected chi connectivity index (χ3v) is 1.08. The Morgan fingerprint density at radius 1 is 0.929 bits per heavy atom. The molecule has 0 aromatic heterocycles. The van der Waals surface area contributed by atoms with Gasteiger partial charge in [-0.3, -0.25) is 0 Å². The Labute approximate surface area is 115 Å². The second-order valence-corrected chi connectivity index (χ2v) is 1.69. The van der Waals surface area contributed by atoms with Crippen LogP contribution in [0.1, 0.15) is 33.3 Å². The number of benzene rings is 1. The molecule has 0 bridgehead atoms. The second kappa shape index (κ2) is 23.3. The monoisotopic (exact) mass is 271 g/mol. The van der Waals surface area contributed by atoms with Crippen LogP contribution in [0, 0.1) is 7.43 Å². The topological polar surface area (TPSA) is 26.0 Å². The third-order valence-electron chi connectivity index (χ3n) is 1.08. The first-order valence-electron chi connectivity index (χ1n) is 4.67. The summed E-state index contributed by atoms with van der Waals surface area (Å²) in [5.41, 5.74) is 6.54. The van der Waals surface area contributed by atoms with E-state index in [-0.39, 0.29) is 40.1 Å². The average Bonchev–Trinajstić information content (AvgIpc) is 2.25. The van der Waals surface area contributed by atoms with Crippen LogP contribution in [-0.2, 0) is 39.3 Å². The van der Waals surface area contributed by atoms with Crippen molar-refractivity contribution in [1.29, 1.82) is 0 Å². The Morgan fingerprint density at radius 3 is 1.50 bits per heavy atom. The van der Waals surface area contributed by atoms with Crippen LogP contribution in [0.25, 0.3) is 0 Å². The molecule has 2 heteroatoms. The van der Waals surface area contributed by atoms with Gasteiger partial charge in [0.05, 0.1) is 0 Å². The molecule has 1 radical (unpaired) electrons. The van der Waals surface area contributed by atoms with Crippen molar-refractivity contribution < 1.29 is 32.7 Å². The maximum atomic E-state index is 5.35. The number of hydrogen-bond donors (Lipinski definition) is 1. The van der Waals surface area contributed by atoms with E-state index in [1.165, 1.54) is 5.56 Å². The van der Waals surface area contributed by atoms with Crippen molar-refractivity contribution in [3.63, 3.8) is 0 Å². The molecular formula is C12H24NY-. The molecule has 0 spiro atoms. The molecule has 1 aromatic rings. The summed E-state index contributed by atoms with van der Waals surface area (Å²) in [6.45, 7) is 8.64. The summed E-state index contributed by atoms with van der Waals surface area (Å²) in [5.74, 6) is 0. The van der Waals surface area contributed by atoms with Gasteiger partial charge >= 0.3 is 0 Å². The fraction of sp³-hybridized carbons (Fsp3) is 0.417. The Kier molecular flexibility index (Phi) is 39.6. The van der Waals surface area contributed by atoms with Gasteiger partial charge < -0.3 is 13.2 Å². The molecule has 1 nitrogen and oxygen atoms in total. The minimum absolute atomic E-state index is 0. The molecule has 0 heterocycles. The molecule has 14 heavy (non-hydrogen) atoms. The second-order valence-electron chi connectivity index (χ2n) is 1.69. The van der Waals surface area contributed by atoms with Crippen LogP contribution < -0.4 is 5.73 Å². The Morgan fingerprint density at radius 2 is 1.29 bits per heavy atom. The van der Waals surface area contributed by atoms with Crippen LogP contribution in [0.15, 0.2) is 30.3 Å². The minimum Gasteiger partial charge on any atom is -0.358 e. The van der Waals surface area contributed by atoms with E-state index in [0.29, 0.717) is 6.54 Å². The molecule has 0 saturated carbocycles. The molecule has 0 saturated heterocycles. The minimum atomic E-state index is 0. The van der Waals surface area contributed by atoms with Gasteiger partial charge in [-0.25, -0.2) is 0 Å². The molecule has 0 aliphatic heterocycles. The molecule has 81 valence electrons. The normalized spacial score (nSPS) is 6.07. The van der Waals surface area contributed by atoms with Crippen LogP contribution in [-0.4, -0.2) is 0 Å². The third kappa shape index (κ3) is 14.8. The molecule has 2 N–H and O–H groups in total. The van der Waals surface area contributed by atoms with Gasteiger partial charge in [-0.15, -0.1) is 0 Å². The predicted octanol–water partition coefficient (Wildman–Crippen LogP) is 3.65. The van der Waals surface area contributed by atoms with Crippen molar-refractivity contribution in [2.45, 2.75) is 34.2 Å². The zero-order valence-corrected chi connectivity index (χ0v) is 13.1. The molecule has 0 aliphatic carbocycles. The smallest absolute Gasteiger partial charge is 0.0178 e. The Bertz CT molecular complexity index is 152. The van der Waals surface area contributed by atoms with Crippen molar-refractivity contribution in [2.75, 3.05) is 0 Å². The van der Waals surface area contributed by atoms with E-state index in [1.807, 2.05) is 58.0 Å². The average molecular weight is 271 g/mol. The largest absolute Gasteiger partial charge is 0.358 e. The fourth-order valence-corrected chi connectivity index (χ4v) is 0.614. The molecule has 1 aromatic carbocycles. The maximum absolute atomic E-state index is 5.35. The van der Waals surface area contributed by atoms with Gasteiger partial charge in [0, 0.05) is 39.3 Å². The number of nitrogens with two attached hydrogens (primary N) is 1. The van der Waals surface area contributed by atoms with Gasteiger partial charge in [0.1, 0.15) is 0 Å². The quantitative estimate of drug-likeness (QED) is 0.775. The zero-order valence-electron chi connectivity index (χ0n) is 10.2. The van der Waals surface area contributed by atoms with Crippen molar-refractivity contribution in [2.24, 2.45) is 5.73 Å². The van der Waals surface area contributed by atoms with Gasteiger partial charge in [-0.2, -0.15) is 0 Å². The van der Waals surface area contributed by atoms with Crippen molar-refractivity contribution in [3.05, 3.63) is 43.3 Å². The molecule has 1 rings (SSSR count). The van der Waals surface area contributed by atoms with Crippen molar-refractivity contribution in [3.8, 4) is 0 Å². The van der Waals surface area contributed by atoms with Crippen LogP contribution in [0.2, 0.25) is 0 Å². The van der Waals surface area contributed by atoms with E-state index < -0.39 is 0 Å². The molecular weight excluding hydrogens is 247 g/mol. The number of rotatable bonds is 1. The van der Waals surface area contributed by atoms with E-state index in [4.69, 9.17) is 5.73 Å². The van der Waals surface area contributed by atoms with Gasteiger partial charge in [-0.1, -0.05) is 58.0 Å². The first-order chi connectivity index (χ1) is 5.93. The summed E-state index contributed by atoms with van der Waals surface area (Å²) in [4.78, 5) is 0. The van der Waals surface area contributed by atoms with Crippen molar-refractivity contribution in [1.82, 2.24) is 0 Å². The fourth-order valence-electron chi connectivity index (χ4n) is 0.614. The summed E-state index contributed by atoms with van der Waals surface area (Å²) >= 11 is 0. The van der Waals surface area contributed by atoms with Gasteiger partial charge in [0.2, 0.25) is 0 Å². The number of hydrogen-bond acceptors (Lipinski definition) is 1. The van der Waals surface area contributed by atoms with E-state index in [0.717, 1.165) is 0 Å². The Hall–Kier alpha value is 0.284. The summed E-state index contributed by atoms with van der Waals surface area (Å²) < 4.78 is 0. The Balaban J connectivity index is -0.0000000750. The van der Waals surface area contributed by atoms with E-state index in [2.05, 4.69) is 0 Å². The molecule has 0 unspecified atom stereocenters. The summed E-state index contributed by atoms with van der Waals surface area (Å²) in [7, 11) is 0. The molecule has 0 fully saturated rings. The van der Waals surface area contributed by atoms with Crippen LogP contribution in [0.5, 0.6) is 0 Å². The van der Waals surface area contributed by atoms with E-state index in [9.17, 15) is 0 Å². The maximum Gasteiger partial charge on any atom is 0.0178 e. The van der Waals surface area contributed by atoms with Gasteiger partial charge in [0.15, 0.2) is 0 Å². The molecule has 0 atom stereocenters. The summed E-state index contributed by atoms with van der Waals surface area (Å²) in [6, 6.07) is 9.99. The van der Waals surface area contributed by atoms with Crippen LogP contribution in [0.3, 0.4) is 0 Å². The van der Waals surface area contributed by atoms with Gasteiger partial charge in [-0.05, 0) is 5.56 Å². The van der Waals surface area contributed by atoms with Crippen LogP contribution in [0.4, 0.5) is 0 Å².